The molecule has 5 aliphatic rings. The number of aliphatic hydroxyl groups is 1. The van der Waals surface area contributed by atoms with E-state index in [-0.39, 0.29) is 17.4 Å². The van der Waals surface area contributed by atoms with Gasteiger partial charge < -0.3 is 9.84 Å². The molecule has 2 aromatic heterocycles. The molecule has 6 heteroatoms. The van der Waals surface area contributed by atoms with Crippen molar-refractivity contribution in [1.82, 2.24) is 14.8 Å². The van der Waals surface area contributed by atoms with Crippen LogP contribution in [-0.2, 0) is 16.1 Å². The minimum Gasteiger partial charge on any atom is -0.387 e. The van der Waals surface area contributed by atoms with Crippen molar-refractivity contribution >= 4 is 16.7 Å². The molecule has 0 spiro atoms. The second-order valence-electron chi connectivity index (χ2n) is 12.7. The summed E-state index contributed by atoms with van der Waals surface area (Å²) in [5, 5.41) is 16.8. The topological polar surface area (TPSA) is 77.2 Å². The van der Waals surface area contributed by atoms with Gasteiger partial charge in [-0.1, -0.05) is 6.92 Å². The third kappa shape index (κ3) is 3.18. The summed E-state index contributed by atoms with van der Waals surface area (Å²) in [4.78, 5) is 17.8. The molecule has 1 N–H and O–H groups in total. The monoisotopic (exact) mass is 477 g/mol. The fourth-order valence-corrected chi connectivity index (χ4v) is 10.0. The maximum absolute atomic E-state index is 13.6. The van der Waals surface area contributed by atoms with Crippen LogP contribution in [0.4, 0.5) is 0 Å². The summed E-state index contributed by atoms with van der Waals surface area (Å²) < 4.78 is 7.81. The van der Waals surface area contributed by atoms with Crippen LogP contribution in [0, 0.1) is 46.8 Å². The van der Waals surface area contributed by atoms with Gasteiger partial charge in [0.15, 0.2) is 5.78 Å². The van der Waals surface area contributed by atoms with Gasteiger partial charge in [-0.05, 0) is 99.4 Å². The van der Waals surface area contributed by atoms with Gasteiger partial charge in [-0.3, -0.25) is 14.5 Å². The summed E-state index contributed by atoms with van der Waals surface area (Å²) in [6.45, 7) is 5.56. The predicted molar refractivity (Wildman–Crippen MR) is 132 cm³/mol. The average Bonchev–Trinajstić information content (AvgIpc) is 3.12. The van der Waals surface area contributed by atoms with E-state index in [4.69, 9.17) is 4.74 Å². The van der Waals surface area contributed by atoms with E-state index in [0.29, 0.717) is 36.7 Å². The second-order valence-corrected chi connectivity index (χ2v) is 12.7. The Kier molecular flexibility index (Phi) is 5.03. The van der Waals surface area contributed by atoms with E-state index in [1.54, 1.807) is 12.4 Å². The van der Waals surface area contributed by atoms with E-state index in [9.17, 15) is 9.90 Å². The number of ketones is 1. The summed E-state index contributed by atoms with van der Waals surface area (Å²) in [6, 6.07) is 1.96. The number of ether oxygens (including phenoxy) is 1. The molecule has 0 radical (unpaired) electrons. The van der Waals surface area contributed by atoms with Crippen molar-refractivity contribution in [2.45, 2.75) is 83.5 Å². The van der Waals surface area contributed by atoms with Crippen molar-refractivity contribution in [2.24, 2.45) is 46.8 Å². The van der Waals surface area contributed by atoms with Gasteiger partial charge in [0, 0.05) is 36.2 Å². The molecule has 2 heterocycles. The summed E-state index contributed by atoms with van der Waals surface area (Å²) in [5.74, 6) is 4.46. The Labute approximate surface area is 207 Å². The molecular weight excluding hydrogens is 438 g/mol. The fourth-order valence-electron chi connectivity index (χ4n) is 10.0. The van der Waals surface area contributed by atoms with Crippen molar-refractivity contribution in [1.29, 1.82) is 0 Å². The average molecular weight is 478 g/mol. The Morgan fingerprint density at radius 3 is 2.74 bits per heavy atom. The van der Waals surface area contributed by atoms with Crippen LogP contribution in [0.2, 0.25) is 0 Å². The van der Waals surface area contributed by atoms with Crippen LogP contribution in [0.5, 0.6) is 0 Å². The minimum absolute atomic E-state index is 0.0797. The van der Waals surface area contributed by atoms with E-state index in [1.165, 1.54) is 32.1 Å². The van der Waals surface area contributed by atoms with Gasteiger partial charge in [-0.25, -0.2) is 0 Å². The number of rotatable bonds is 5. The van der Waals surface area contributed by atoms with Crippen molar-refractivity contribution in [3.8, 4) is 0 Å². The highest BCUT2D eigenvalue weighted by Crippen LogP contribution is 2.69. The lowest BCUT2D eigenvalue weighted by molar-refractivity contribution is -0.131. The third-order valence-corrected chi connectivity index (χ3v) is 11.5. The number of aromatic nitrogens is 3. The van der Waals surface area contributed by atoms with Crippen LogP contribution in [-0.4, -0.2) is 44.0 Å². The zero-order chi connectivity index (χ0) is 23.9. The van der Waals surface area contributed by atoms with Crippen molar-refractivity contribution < 1.29 is 14.6 Å². The quantitative estimate of drug-likeness (QED) is 0.679. The molecule has 2 aromatic rings. The molecule has 0 amide bonds. The normalized spacial score (nSPS) is 45.9. The Morgan fingerprint density at radius 2 is 1.91 bits per heavy atom. The highest BCUT2D eigenvalue weighted by atomic mass is 16.5. The molecule has 5 aliphatic carbocycles. The first-order valence-electron chi connectivity index (χ1n) is 14.1. The van der Waals surface area contributed by atoms with Crippen molar-refractivity contribution in [3.05, 3.63) is 24.7 Å². The number of hydrogen-bond donors (Lipinski definition) is 1. The summed E-state index contributed by atoms with van der Waals surface area (Å²) in [6.07, 6.45) is 14.9. The van der Waals surface area contributed by atoms with Crippen LogP contribution in [0.3, 0.4) is 0 Å². The molecule has 0 bridgehead atoms. The highest BCUT2D eigenvalue weighted by Gasteiger charge is 2.72. The molecule has 2 unspecified atom stereocenters. The molecule has 5 fully saturated rings. The smallest absolute Gasteiger partial charge is 0.157 e. The minimum atomic E-state index is -0.536. The molecule has 6 nitrogen and oxygen atoms in total. The van der Waals surface area contributed by atoms with E-state index in [1.807, 2.05) is 23.9 Å². The molecule has 35 heavy (non-hydrogen) atoms. The Bertz CT molecular complexity index is 1110. The first kappa shape index (κ1) is 22.4. The molecule has 188 valence electrons. The zero-order valence-electron chi connectivity index (χ0n) is 21.1. The Morgan fingerprint density at radius 1 is 1.11 bits per heavy atom. The second kappa shape index (κ2) is 7.85. The van der Waals surface area contributed by atoms with Gasteiger partial charge in [0.25, 0.3) is 0 Å². The standard InChI is InChI=1S/C29H39N3O3/c1-3-35-27-26-21-5-4-20-18(19(21)9-12-29(26,27)34)8-11-28(2)22(20)6-7-23(28)25(33)16-32-15-17-10-13-30-14-24(17)31-32/h10,13-15,18-23,26-27,34H,3-9,11-12,16H2,1-2H3/t18-,19-,20-,21-,22+,23-,26?,27?,28+,29-/m1/s1. The maximum atomic E-state index is 13.6. The van der Waals surface area contributed by atoms with Crippen LogP contribution in [0.15, 0.2) is 24.7 Å². The SMILES string of the molecule is CCOC1C2[C@@H]3CC[C@@H]4[C@H](CC[C@]5(C)[C@@H](C(=O)Cn6cc7ccncc7n6)CC[C@@H]45)[C@H]3CC[C@]12O. The van der Waals surface area contributed by atoms with Crippen molar-refractivity contribution in [3.63, 3.8) is 0 Å². The zero-order valence-corrected chi connectivity index (χ0v) is 21.1. The number of fused-ring (bicyclic) bond motifs is 8. The van der Waals surface area contributed by atoms with E-state index < -0.39 is 5.60 Å². The molecular formula is C29H39N3O3. The van der Waals surface area contributed by atoms with Gasteiger partial charge in [-0.15, -0.1) is 0 Å². The number of carbonyl (C=O) groups is 1. The van der Waals surface area contributed by atoms with Crippen molar-refractivity contribution in [2.75, 3.05) is 6.61 Å². The Hall–Kier alpha value is -1.79. The summed E-state index contributed by atoms with van der Waals surface area (Å²) in [7, 11) is 0. The fraction of sp³-hybridized carbons (Fsp3) is 0.759. The number of pyridine rings is 1. The number of nitrogens with zero attached hydrogens (tertiary/aromatic N) is 3. The first-order valence-corrected chi connectivity index (χ1v) is 14.1. The maximum Gasteiger partial charge on any atom is 0.157 e. The van der Waals surface area contributed by atoms with E-state index in [2.05, 4.69) is 17.0 Å². The number of hydrogen-bond acceptors (Lipinski definition) is 5. The van der Waals surface area contributed by atoms with Gasteiger partial charge in [0.1, 0.15) is 5.52 Å². The molecule has 0 aliphatic heterocycles. The lowest BCUT2D eigenvalue weighted by Gasteiger charge is -2.55. The predicted octanol–water partition coefficient (Wildman–Crippen LogP) is 4.65. The van der Waals surface area contributed by atoms with Gasteiger partial charge in [0.05, 0.1) is 24.4 Å². The Balaban J connectivity index is 1.07. The molecule has 7 rings (SSSR count). The number of Topliss-reactive ketones (excluding diaryl/α,β-unsaturated/α-hetero) is 1. The summed E-state index contributed by atoms with van der Waals surface area (Å²) in [5.41, 5.74) is 0.447. The lowest BCUT2D eigenvalue weighted by atomic mass is 9.49. The molecule has 10 atom stereocenters. The summed E-state index contributed by atoms with van der Waals surface area (Å²) >= 11 is 0. The van der Waals surface area contributed by atoms with Crippen LogP contribution >= 0.6 is 0 Å². The molecule has 5 saturated carbocycles. The largest absolute Gasteiger partial charge is 0.387 e. The van der Waals surface area contributed by atoms with Gasteiger partial charge in [-0.2, -0.15) is 5.10 Å². The van der Waals surface area contributed by atoms with E-state index >= 15 is 0 Å². The van der Waals surface area contributed by atoms with Gasteiger partial charge >= 0.3 is 0 Å². The van der Waals surface area contributed by atoms with Crippen LogP contribution < -0.4 is 0 Å². The molecule has 0 aromatic carbocycles. The van der Waals surface area contributed by atoms with Crippen LogP contribution in [0.25, 0.3) is 10.9 Å². The molecule has 0 saturated heterocycles. The lowest BCUT2D eigenvalue weighted by Crippen LogP contribution is -2.50. The third-order valence-electron chi connectivity index (χ3n) is 11.5. The van der Waals surface area contributed by atoms with E-state index in [0.717, 1.165) is 47.9 Å². The highest BCUT2D eigenvalue weighted by molar-refractivity contribution is 5.83. The number of carbonyl (C=O) groups excluding carboxylic acids is 1. The van der Waals surface area contributed by atoms with Crippen LogP contribution in [0.1, 0.15) is 65.2 Å². The first-order chi connectivity index (χ1) is 16.9. The van der Waals surface area contributed by atoms with Gasteiger partial charge in [0.2, 0.25) is 0 Å².